The third-order valence-electron chi connectivity index (χ3n) is 3.98. The monoisotopic (exact) mass is 455 g/mol. The SMILES string of the molecule is COc1cccc(C=NNc2cccc([N+](=O)[O-])c2)c1OCc1ccc(Br)cc1. The summed E-state index contributed by atoms with van der Waals surface area (Å²) in [4.78, 5) is 10.4. The van der Waals surface area contributed by atoms with Gasteiger partial charge in [0, 0.05) is 22.2 Å². The summed E-state index contributed by atoms with van der Waals surface area (Å²) >= 11 is 3.41. The summed E-state index contributed by atoms with van der Waals surface area (Å²) in [6.45, 7) is 0.368. The number of para-hydroxylation sites is 1. The first kappa shape index (κ1) is 20.3. The predicted molar refractivity (Wildman–Crippen MR) is 116 cm³/mol. The van der Waals surface area contributed by atoms with Crippen molar-refractivity contribution in [2.45, 2.75) is 6.61 Å². The highest BCUT2D eigenvalue weighted by atomic mass is 79.9. The molecule has 3 aromatic rings. The summed E-state index contributed by atoms with van der Waals surface area (Å²) in [6.07, 6.45) is 1.58. The fourth-order valence-electron chi connectivity index (χ4n) is 2.55. The van der Waals surface area contributed by atoms with Crippen LogP contribution < -0.4 is 14.9 Å². The number of nitrogens with one attached hydrogen (secondary N) is 1. The Balaban J connectivity index is 1.76. The van der Waals surface area contributed by atoms with Crippen molar-refractivity contribution in [2.24, 2.45) is 5.10 Å². The van der Waals surface area contributed by atoms with E-state index in [0.29, 0.717) is 29.4 Å². The minimum absolute atomic E-state index is 0.00917. The van der Waals surface area contributed by atoms with Gasteiger partial charge in [-0.2, -0.15) is 5.10 Å². The molecule has 0 spiro atoms. The van der Waals surface area contributed by atoms with Crippen LogP contribution in [-0.4, -0.2) is 18.2 Å². The molecule has 0 radical (unpaired) electrons. The van der Waals surface area contributed by atoms with Gasteiger partial charge in [0.25, 0.3) is 5.69 Å². The number of halogens is 1. The second-order valence-electron chi connectivity index (χ2n) is 5.97. The molecule has 0 amide bonds. The molecule has 0 unspecified atom stereocenters. The Bertz CT molecular complexity index is 1020. The van der Waals surface area contributed by atoms with Crippen molar-refractivity contribution < 1.29 is 14.4 Å². The number of rotatable bonds is 8. The molecule has 0 bridgehead atoms. The number of benzene rings is 3. The van der Waals surface area contributed by atoms with Gasteiger partial charge < -0.3 is 9.47 Å². The van der Waals surface area contributed by atoms with Crippen LogP contribution >= 0.6 is 15.9 Å². The zero-order chi connectivity index (χ0) is 20.6. The second-order valence-corrected chi connectivity index (χ2v) is 6.89. The first-order valence-electron chi connectivity index (χ1n) is 8.64. The van der Waals surface area contributed by atoms with E-state index < -0.39 is 4.92 Å². The van der Waals surface area contributed by atoms with Gasteiger partial charge in [-0.05, 0) is 35.9 Å². The lowest BCUT2D eigenvalue weighted by Crippen LogP contribution is -2.01. The Morgan fingerprint density at radius 3 is 2.62 bits per heavy atom. The van der Waals surface area contributed by atoms with Gasteiger partial charge in [-0.25, -0.2) is 0 Å². The van der Waals surface area contributed by atoms with E-state index >= 15 is 0 Å². The van der Waals surface area contributed by atoms with Crippen LogP contribution in [-0.2, 0) is 6.61 Å². The third-order valence-corrected chi connectivity index (χ3v) is 4.51. The molecule has 0 aliphatic carbocycles. The molecule has 3 aromatic carbocycles. The summed E-state index contributed by atoms with van der Waals surface area (Å²) < 4.78 is 12.4. The second kappa shape index (κ2) is 9.70. The van der Waals surface area contributed by atoms with Crippen LogP contribution in [0.3, 0.4) is 0 Å². The van der Waals surface area contributed by atoms with E-state index in [1.165, 1.54) is 12.1 Å². The van der Waals surface area contributed by atoms with E-state index in [2.05, 4.69) is 26.5 Å². The van der Waals surface area contributed by atoms with E-state index in [0.717, 1.165) is 10.0 Å². The topological polar surface area (TPSA) is 86.0 Å². The fraction of sp³-hybridized carbons (Fsp3) is 0.0952. The van der Waals surface area contributed by atoms with E-state index in [1.54, 1.807) is 25.5 Å². The minimum Gasteiger partial charge on any atom is -0.493 e. The molecule has 0 fully saturated rings. The molecule has 0 saturated carbocycles. The third kappa shape index (κ3) is 5.55. The van der Waals surface area contributed by atoms with Gasteiger partial charge in [0.05, 0.1) is 23.9 Å². The molecule has 8 heteroatoms. The van der Waals surface area contributed by atoms with Gasteiger partial charge >= 0.3 is 0 Å². The maximum absolute atomic E-state index is 10.9. The molecule has 148 valence electrons. The average Bonchev–Trinajstić information content (AvgIpc) is 2.74. The highest BCUT2D eigenvalue weighted by Gasteiger charge is 2.10. The largest absolute Gasteiger partial charge is 0.493 e. The quantitative estimate of drug-likeness (QED) is 0.279. The smallest absolute Gasteiger partial charge is 0.271 e. The zero-order valence-electron chi connectivity index (χ0n) is 15.5. The fourth-order valence-corrected chi connectivity index (χ4v) is 2.82. The van der Waals surface area contributed by atoms with Crippen LogP contribution in [0.1, 0.15) is 11.1 Å². The lowest BCUT2D eigenvalue weighted by Gasteiger charge is -2.13. The van der Waals surface area contributed by atoms with Crippen molar-refractivity contribution in [1.82, 2.24) is 0 Å². The molecule has 3 rings (SSSR count). The van der Waals surface area contributed by atoms with E-state index in [1.807, 2.05) is 42.5 Å². The van der Waals surface area contributed by atoms with Gasteiger partial charge in [0.15, 0.2) is 11.5 Å². The number of hydrogen-bond donors (Lipinski definition) is 1. The number of ether oxygens (including phenoxy) is 2. The summed E-state index contributed by atoms with van der Waals surface area (Å²) in [6, 6.07) is 19.4. The lowest BCUT2D eigenvalue weighted by molar-refractivity contribution is -0.384. The highest BCUT2D eigenvalue weighted by molar-refractivity contribution is 9.10. The Kier molecular flexibility index (Phi) is 6.80. The molecule has 7 nitrogen and oxygen atoms in total. The number of anilines is 1. The number of nitro groups is 1. The Morgan fingerprint density at radius 1 is 1.14 bits per heavy atom. The number of methoxy groups -OCH3 is 1. The molecular formula is C21H18BrN3O4. The Labute approximate surface area is 176 Å². The molecule has 0 atom stereocenters. The number of hydrazone groups is 1. The summed E-state index contributed by atoms with van der Waals surface area (Å²) in [5, 5.41) is 15.1. The van der Waals surface area contributed by atoms with Crippen LogP contribution in [0.5, 0.6) is 11.5 Å². The van der Waals surface area contributed by atoms with Crippen molar-refractivity contribution in [1.29, 1.82) is 0 Å². The van der Waals surface area contributed by atoms with Gasteiger partial charge in [-0.15, -0.1) is 0 Å². The normalized spacial score (nSPS) is 10.7. The molecule has 0 heterocycles. The minimum atomic E-state index is -0.453. The van der Waals surface area contributed by atoms with Gasteiger partial charge in [0.2, 0.25) is 0 Å². The number of non-ortho nitro benzene ring substituents is 1. The van der Waals surface area contributed by atoms with Gasteiger partial charge in [-0.1, -0.05) is 40.2 Å². The van der Waals surface area contributed by atoms with Gasteiger partial charge in [0.1, 0.15) is 6.61 Å². The molecular weight excluding hydrogens is 438 g/mol. The van der Waals surface area contributed by atoms with Crippen molar-refractivity contribution in [3.8, 4) is 11.5 Å². The van der Waals surface area contributed by atoms with Crippen molar-refractivity contribution in [2.75, 3.05) is 12.5 Å². The van der Waals surface area contributed by atoms with Crippen LogP contribution in [0.2, 0.25) is 0 Å². The summed E-state index contributed by atoms with van der Waals surface area (Å²) in [5.41, 5.74) is 5.02. The average molecular weight is 456 g/mol. The van der Waals surface area contributed by atoms with Crippen molar-refractivity contribution in [3.63, 3.8) is 0 Å². The van der Waals surface area contributed by atoms with Gasteiger partial charge in [-0.3, -0.25) is 15.5 Å². The standard InChI is InChI=1S/C21H18BrN3O4/c1-28-20-7-2-4-16(21(20)29-14-15-8-10-17(22)11-9-15)13-23-24-18-5-3-6-19(12-18)25(26)27/h2-13,24H,14H2,1H3. The first-order chi connectivity index (χ1) is 14.1. The molecule has 0 aliphatic rings. The van der Waals surface area contributed by atoms with E-state index in [4.69, 9.17) is 9.47 Å². The molecule has 0 aliphatic heterocycles. The van der Waals surface area contributed by atoms with Crippen LogP contribution in [0.4, 0.5) is 11.4 Å². The summed E-state index contributed by atoms with van der Waals surface area (Å²) in [7, 11) is 1.57. The van der Waals surface area contributed by atoms with E-state index in [-0.39, 0.29) is 5.69 Å². The molecule has 1 N–H and O–H groups in total. The highest BCUT2D eigenvalue weighted by Crippen LogP contribution is 2.31. The zero-order valence-corrected chi connectivity index (χ0v) is 17.1. The predicted octanol–water partition coefficient (Wildman–Crippen LogP) is 5.39. The molecule has 29 heavy (non-hydrogen) atoms. The van der Waals surface area contributed by atoms with Crippen molar-refractivity contribution in [3.05, 3.63) is 92.4 Å². The molecule has 0 saturated heterocycles. The van der Waals surface area contributed by atoms with E-state index in [9.17, 15) is 10.1 Å². The summed E-state index contributed by atoms with van der Waals surface area (Å²) in [5.74, 6) is 1.14. The maximum atomic E-state index is 10.9. The maximum Gasteiger partial charge on any atom is 0.271 e. The Morgan fingerprint density at radius 2 is 1.90 bits per heavy atom. The number of hydrogen-bond acceptors (Lipinski definition) is 6. The number of nitro benzene ring substituents is 1. The lowest BCUT2D eigenvalue weighted by atomic mass is 10.2. The van der Waals surface area contributed by atoms with Crippen LogP contribution in [0.25, 0.3) is 0 Å². The van der Waals surface area contributed by atoms with Crippen LogP contribution in [0, 0.1) is 10.1 Å². The first-order valence-corrected chi connectivity index (χ1v) is 9.44. The molecule has 0 aromatic heterocycles. The van der Waals surface area contributed by atoms with Crippen molar-refractivity contribution >= 4 is 33.5 Å². The number of nitrogens with zero attached hydrogens (tertiary/aromatic N) is 2. The van der Waals surface area contributed by atoms with Crippen LogP contribution in [0.15, 0.2) is 76.3 Å². The Hall–Kier alpha value is -3.39.